The van der Waals surface area contributed by atoms with Crippen LogP contribution in [0.2, 0.25) is 5.02 Å². The smallest absolute Gasteiger partial charge is 0.282 e. The van der Waals surface area contributed by atoms with Gasteiger partial charge >= 0.3 is 0 Å². The summed E-state index contributed by atoms with van der Waals surface area (Å²) in [4.78, 5) is 27.8. The highest BCUT2D eigenvalue weighted by Crippen LogP contribution is 2.34. The molecule has 0 aliphatic carbocycles. The zero-order chi connectivity index (χ0) is 21.3. The van der Waals surface area contributed by atoms with Crippen molar-refractivity contribution in [2.45, 2.75) is 6.92 Å². The first-order valence-corrected chi connectivity index (χ1v) is 9.58. The number of aryl methyl sites for hydroxylation is 1. The highest BCUT2D eigenvalue weighted by molar-refractivity contribution is 6.46. The third-order valence-corrected chi connectivity index (χ3v) is 5.01. The van der Waals surface area contributed by atoms with Crippen LogP contribution in [0.5, 0.6) is 0 Å². The molecule has 30 heavy (non-hydrogen) atoms. The van der Waals surface area contributed by atoms with E-state index in [4.69, 9.17) is 16.9 Å². The minimum absolute atomic E-state index is 0.192. The predicted octanol–water partition coefficient (Wildman–Crippen LogP) is 4.92. The van der Waals surface area contributed by atoms with Gasteiger partial charge in [0, 0.05) is 10.7 Å². The molecule has 0 unspecified atom stereocenters. The molecule has 0 aromatic heterocycles. The molecule has 2 amide bonds. The summed E-state index contributed by atoms with van der Waals surface area (Å²) in [5.41, 5.74) is 3.62. The first-order chi connectivity index (χ1) is 14.5. The van der Waals surface area contributed by atoms with Crippen molar-refractivity contribution in [3.8, 4) is 6.07 Å². The Morgan fingerprint density at radius 1 is 0.933 bits per heavy atom. The van der Waals surface area contributed by atoms with E-state index in [0.717, 1.165) is 10.5 Å². The van der Waals surface area contributed by atoms with Crippen LogP contribution in [-0.4, -0.2) is 11.8 Å². The molecule has 0 atom stereocenters. The van der Waals surface area contributed by atoms with E-state index in [1.165, 1.54) is 0 Å². The molecule has 1 aliphatic heterocycles. The Morgan fingerprint density at radius 3 is 2.27 bits per heavy atom. The van der Waals surface area contributed by atoms with Crippen LogP contribution in [0.1, 0.15) is 16.7 Å². The Hall–Kier alpha value is -3.88. The maximum absolute atomic E-state index is 13.3. The number of imide groups is 1. The van der Waals surface area contributed by atoms with Gasteiger partial charge in [-0.25, -0.2) is 4.90 Å². The molecule has 0 radical (unpaired) electrons. The summed E-state index contributed by atoms with van der Waals surface area (Å²) in [6.45, 7) is 1.95. The Balaban J connectivity index is 1.81. The van der Waals surface area contributed by atoms with Gasteiger partial charge in [-0.2, -0.15) is 5.26 Å². The van der Waals surface area contributed by atoms with Gasteiger partial charge in [0.1, 0.15) is 5.70 Å². The molecule has 146 valence electrons. The molecular weight excluding hydrogens is 398 g/mol. The molecule has 4 rings (SSSR count). The fourth-order valence-electron chi connectivity index (χ4n) is 3.32. The summed E-state index contributed by atoms with van der Waals surface area (Å²) in [5.74, 6) is -0.904. The lowest BCUT2D eigenvalue weighted by Crippen LogP contribution is -2.32. The maximum Gasteiger partial charge on any atom is 0.282 e. The molecule has 1 N–H and O–H groups in total. The van der Waals surface area contributed by atoms with E-state index in [2.05, 4.69) is 5.32 Å². The topological polar surface area (TPSA) is 73.2 Å². The highest BCUT2D eigenvalue weighted by atomic mass is 35.5. The minimum Gasteiger partial charge on any atom is -0.350 e. The number of halogens is 1. The summed E-state index contributed by atoms with van der Waals surface area (Å²) in [7, 11) is 0. The summed E-state index contributed by atoms with van der Waals surface area (Å²) in [6, 6.07) is 22.7. The number of amides is 2. The van der Waals surface area contributed by atoms with Crippen molar-refractivity contribution in [1.29, 1.82) is 5.26 Å². The van der Waals surface area contributed by atoms with Crippen LogP contribution < -0.4 is 10.2 Å². The Bertz CT molecular complexity index is 1220. The van der Waals surface area contributed by atoms with Crippen LogP contribution in [0.25, 0.3) is 5.57 Å². The molecule has 6 heteroatoms. The van der Waals surface area contributed by atoms with Gasteiger partial charge < -0.3 is 5.32 Å². The van der Waals surface area contributed by atoms with Crippen LogP contribution >= 0.6 is 11.6 Å². The number of hydrogen-bond donors (Lipinski definition) is 1. The zero-order valence-corrected chi connectivity index (χ0v) is 16.8. The van der Waals surface area contributed by atoms with Gasteiger partial charge in [0.2, 0.25) is 0 Å². The van der Waals surface area contributed by atoms with Crippen LogP contribution in [0, 0.1) is 18.3 Å². The maximum atomic E-state index is 13.3. The van der Waals surface area contributed by atoms with Crippen molar-refractivity contribution in [1.82, 2.24) is 0 Å². The predicted molar refractivity (Wildman–Crippen MR) is 117 cm³/mol. The highest BCUT2D eigenvalue weighted by Gasteiger charge is 2.40. The van der Waals surface area contributed by atoms with Gasteiger partial charge in [-0.1, -0.05) is 35.9 Å². The first-order valence-electron chi connectivity index (χ1n) is 9.21. The number of nitrogens with zero attached hydrogens (tertiary/aromatic N) is 2. The van der Waals surface area contributed by atoms with Gasteiger partial charge in [-0.05, 0) is 66.6 Å². The van der Waals surface area contributed by atoms with E-state index in [-0.39, 0.29) is 11.3 Å². The number of benzene rings is 3. The molecule has 0 bridgehead atoms. The average molecular weight is 414 g/mol. The number of carbonyl (C=O) groups is 2. The van der Waals surface area contributed by atoms with E-state index in [1.807, 2.05) is 37.3 Å². The van der Waals surface area contributed by atoms with Gasteiger partial charge in [-0.15, -0.1) is 0 Å². The Morgan fingerprint density at radius 2 is 1.63 bits per heavy atom. The molecule has 1 heterocycles. The van der Waals surface area contributed by atoms with Crippen molar-refractivity contribution < 1.29 is 9.59 Å². The molecular formula is C24H16ClN3O2. The zero-order valence-electron chi connectivity index (χ0n) is 16.0. The quantitative estimate of drug-likeness (QED) is 0.616. The van der Waals surface area contributed by atoms with E-state index < -0.39 is 11.8 Å². The van der Waals surface area contributed by atoms with E-state index >= 15 is 0 Å². The van der Waals surface area contributed by atoms with Crippen molar-refractivity contribution in [3.63, 3.8) is 0 Å². The van der Waals surface area contributed by atoms with Gasteiger partial charge in [0.25, 0.3) is 11.8 Å². The van der Waals surface area contributed by atoms with E-state index in [0.29, 0.717) is 27.5 Å². The number of rotatable bonds is 4. The second-order valence-corrected chi connectivity index (χ2v) is 7.29. The van der Waals surface area contributed by atoms with Crippen molar-refractivity contribution >= 4 is 40.4 Å². The van der Waals surface area contributed by atoms with Crippen molar-refractivity contribution in [3.05, 3.63) is 100 Å². The molecule has 0 spiro atoms. The number of nitrogens with one attached hydrogen (secondary N) is 1. The average Bonchev–Trinajstić information content (AvgIpc) is 2.98. The van der Waals surface area contributed by atoms with Crippen LogP contribution in [0.3, 0.4) is 0 Å². The second kappa shape index (κ2) is 7.86. The fraction of sp³-hybridized carbons (Fsp3) is 0.0417. The van der Waals surface area contributed by atoms with Gasteiger partial charge in [0.15, 0.2) is 0 Å². The van der Waals surface area contributed by atoms with E-state index in [9.17, 15) is 9.59 Å². The molecule has 0 saturated heterocycles. The molecule has 1 aliphatic rings. The normalized spacial score (nSPS) is 13.6. The largest absolute Gasteiger partial charge is 0.350 e. The lowest BCUT2D eigenvalue weighted by molar-refractivity contribution is -0.120. The number of carbonyl (C=O) groups excluding carboxylic acids is 2. The number of nitriles is 1. The molecule has 0 saturated carbocycles. The first kappa shape index (κ1) is 19.4. The van der Waals surface area contributed by atoms with Gasteiger partial charge in [0.05, 0.1) is 22.9 Å². The second-order valence-electron chi connectivity index (χ2n) is 6.86. The van der Waals surface area contributed by atoms with Crippen molar-refractivity contribution in [2.75, 3.05) is 10.2 Å². The molecule has 3 aromatic rings. The standard InChI is InChI=1S/C24H16ClN3O2/c1-15-3-2-4-19(13-15)27-22-21(17-7-9-18(25)10-8-17)23(29)28(24(22)30)20-11-5-16(14-26)6-12-20/h2-13,27H,1H3. The number of anilines is 2. The summed E-state index contributed by atoms with van der Waals surface area (Å²) in [6.07, 6.45) is 0. The summed E-state index contributed by atoms with van der Waals surface area (Å²) >= 11 is 6.00. The summed E-state index contributed by atoms with van der Waals surface area (Å²) < 4.78 is 0. The molecule has 0 fully saturated rings. The SMILES string of the molecule is Cc1cccc(NC2=C(c3ccc(Cl)cc3)C(=O)N(c3ccc(C#N)cc3)C2=O)c1. The van der Waals surface area contributed by atoms with Gasteiger partial charge in [-0.3, -0.25) is 9.59 Å². The lowest BCUT2D eigenvalue weighted by Gasteiger charge is -2.15. The number of hydrogen-bond acceptors (Lipinski definition) is 4. The Kier molecular flexibility index (Phi) is 5.09. The third-order valence-electron chi connectivity index (χ3n) is 4.76. The minimum atomic E-state index is -0.462. The fourth-order valence-corrected chi connectivity index (χ4v) is 3.44. The summed E-state index contributed by atoms with van der Waals surface area (Å²) in [5, 5.41) is 12.7. The van der Waals surface area contributed by atoms with E-state index in [1.54, 1.807) is 48.5 Å². The lowest BCUT2D eigenvalue weighted by atomic mass is 10.0. The van der Waals surface area contributed by atoms with Crippen LogP contribution in [0.4, 0.5) is 11.4 Å². The third kappa shape index (κ3) is 3.57. The Labute approximate surface area is 178 Å². The monoisotopic (exact) mass is 413 g/mol. The van der Waals surface area contributed by atoms with Crippen LogP contribution in [-0.2, 0) is 9.59 Å². The molecule has 5 nitrogen and oxygen atoms in total. The van der Waals surface area contributed by atoms with Crippen LogP contribution in [0.15, 0.2) is 78.5 Å². The molecule has 3 aromatic carbocycles. The van der Waals surface area contributed by atoms with Crippen molar-refractivity contribution in [2.24, 2.45) is 0 Å².